The predicted molar refractivity (Wildman–Crippen MR) is 105 cm³/mol. The standard InChI is InChI=1S/C20H23FN4O2S/c1-2-11-25-20-15(13-22-25)5-10-19(23-20)16-4-3-12-24(14-16)28(26,27)18-8-6-17(21)7-9-18/h5-10,13,16H,2-4,11-12,14H2,1H3/t16-/m0/s1. The number of aromatic nitrogens is 3. The third-order valence-corrected chi connectivity index (χ3v) is 7.08. The molecule has 0 spiro atoms. The van der Waals surface area contributed by atoms with Crippen molar-refractivity contribution in [2.75, 3.05) is 13.1 Å². The lowest BCUT2D eigenvalue weighted by Gasteiger charge is -2.31. The van der Waals surface area contributed by atoms with E-state index < -0.39 is 15.8 Å². The van der Waals surface area contributed by atoms with Gasteiger partial charge in [0.25, 0.3) is 0 Å². The van der Waals surface area contributed by atoms with Gasteiger partial charge in [0.1, 0.15) is 5.82 Å². The summed E-state index contributed by atoms with van der Waals surface area (Å²) in [5, 5.41) is 5.38. The Morgan fingerprint density at radius 1 is 1.18 bits per heavy atom. The van der Waals surface area contributed by atoms with Gasteiger partial charge in [0, 0.05) is 36.6 Å². The third kappa shape index (κ3) is 3.54. The molecular formula is C20H23FN4O2S. The number of piperidine rings is 1. The summed E-state index contributed by atoms with van der Waals surface area (Å²) in [5.74, 6) is -0.421. The van der Waals surface area contributed by atoms with Crippen LogP contribution in [0, 0.1) is 5.82 Å². The molecule has 1 aliphatic heterocycles. The van der Waals surface area contributed by atoms with Crippen LogP contribution in [0.3, 0.4) is 0 Å². The number of hydrogen-bond acceptors (Lipinski definition) is 4. The molecule has 0 aliphatic carbocycles. The van der Waals surface area contributed by atoms with Crippen LogP contribution in [0.15, 0.2) is 47.5 Å². The highest BCUT2D eigenvalue weighted by Crippen LogP contribution is 2.30. The van der Waals surface area contributed by atoms with Crippen LogP contribution in [0.2, 0.25) is 0 Å². The summed E-state index contributed by atoms with van der Waals surface area (Å²) >= 11 is 0. The zero-order valence-electron chi connectivity index (χ0n) is 15.8. The van der Waals surface area contributed by atoms with Crippen LogP contribution in [-0.2, 0) is 16.6 Å². The molecule has 0 N–H and O–H groups in total. The molecule has 28 heavy (non-hydrogen) atoms. The van der Waals surface area contributed by atoms with E-state index in [2.05, 4.69) is 12.0 Å². The molecule has 0 amide bonds. The van der Waals surface area contributed by atoms with Crippen molar-refractivity contribution in [3.63, 3.8) is 0 Å². The Morgan fingerprint density at radius 3 is 2.71 bits per heavy atom. The molecule has 3 aromatic rings. The van der Waals surface area contributed by atoms with Crippen LogP contribution in [0.25, 0.3) is 11.0 Å². The molecule has 6 nitrogen and oxygen atoms in total. The lowest BCUT2D eigenvalue weighted by molar-refractivity contribution is 0.313. The molecule has 0 radical (unpaired) electrons. The van der Waals surface area contributed by atoms with Crippen LogP contribution < -0.4 is 0 Å². The van der Waals surface area contributed by atoms with Crippen molar-refractivity contribution in [1.82, 2.24) is 19.1 Å². The van der Waals surface area contributed by atoms with E-state index in [0.29, 0.717) is 13.1 Å². The fraction of sp³-hybridized carbons (Fsp3) is 0.400. The van der Waals surface area contributed by atoms with E-state index in [0.717, 1.165) is 42.5 Å². The summed E-state index contributed by atoms with van der Waals surface area (Å²) in [4.78, 5) is 4.93. The van der Waals surface area contributed by atoms with Gasteiger partial charge >= 0.3 is 0 Å². The van der Waals surface area contributed by atoms with Crippen molar-refractivity contribution in [2.45, 2.75) is 43.5 Å². The number of nitrogens with zero attached hydrogens (tertiary/aromatic N) is 4. The summed E-state index contributed by atoms with van der Waals surface area (Å²) in [6.45, 7) is 3.73. The first-order valence-electron chi connectivity index (χ1n) is 9.57. The number of aryl methyl sites for hydroxylation is 1. The number of halogens is 1. The second-order valence-electron chi connectivity index (χ2n) is 7.17. The maximum absolute atomic E-state index is 13.2. The fourth-order valence-corrected chi connectivity index (χ4v) is 5.25. The monoisotopic (exact) mass is 402 g/mol. The molecule has 0 bridgehead atoms. The minimum atomic E-state index is -3.65. The summed E-state index contributed by atoms with van der Waals surface area (Å²) in [6.07, 6.45) is 4.43. The first-order chi connectivity index (χ1) is 13.5. The predicted octanol–water partition coefficient (Wildman–Crippen LogP) is 3.55. The molecule has 1 aliphatic rings. The normalized spacial score (nSPS) is 18.6. The second-order valence-corrected chi connectivity index (χ2v) is 9.11. The first kappa shape index (κ1) is 19.0. The quantitative estimate of drug-likeness (QED) is 0.655. The Kier molecular flexibility index (Phi) is 5.16. The molecule has 1 saturated heterocycles. The summed E-state index contributed by atoms with van der Waals surface area (Å²) in [6, 6.07) is 8.98. The van der Waals surface area contributed by atoms with Crippen LogP contribution in [0.5, 0.6) is 0 Å². The molecule has 8 heteroatoms. The van der Waals surface area contributed by atoms with E-state index in [1.54, 1.807) is 0 Å². The maximum Gasteiger partial charge on any atom is 0.243 e. The number of hydrogen-bond donors (Lipinski definition) is 0. The van der Waals surface area contributed by atoms with Crippen LogP contribution in [0.1, 0.15) is 37.8 Å². The van der Waals surface area contributed by atoms with Gasteiger partial charge in [-0.2, -0.15) is 9.40 Å². The van der Waals surface area contributed by atoms with Crippen LogP contribution in [-0.4, -0.2) is 40.6 Å². The van der Waals surface area contributed by atoms with Gasteiger partial charge in [-0.1, -0.05) is 6.92 Å². The van der Waals surface area contributed by atoms with E-state index in [1.807, 2.05) is 23.0 Å². The topological polar surface area (TPSA) is 68.1 Å². The zero-order chi connectivity index (χ0) is 19.7. The van der Waals surface area contributed by atoms with Gasteiger partial charge in [-0.3, -0.25) is 0 Å². The Labute approximate surface area is 164 Å². The van der Waals surface area contributed by atoms with Crippen LogP contribution >= 0.6 is 0 Å². The highest BCUT2D eigenvalue weighted by Gasteiger charge is 2.31. The van der Waals surface area contributed by atoms with Gasteiger partial charge in [-0.15, -0.1) is 0 Å². The van der Waals surface area contributed by atoms with Crippen molar-refractivity contribution < 1.29 is 12.8 Å². The van der Waals surface area contributed by atoms with Crippen molar-refractivity contribution in [1.29, 1.82) is 0 Å². The molecule has 4 rings (SSSR count). The van der Waals surface area contributed by atoms with Crippen molar-refractivity contribution in [3.8, 4) is 0 Å². The highest BCUT2D eigenvalue weighted by molar-refractivity contribution is 7.89. The Hall–Kier alpha value is -2.32. The highest BCUT2D eigenvalue weighted by atomic mass is 32.2. The zero-order valence-corrected chi connectivity index (χ0v) is 16.6. The Morgan fingerprint density at radius 2 is 1.96 bits per heavy atom. The minimum Gasteiger partial charge on any atom is -0.247 e. The summed E-state index contributed by atoms with van der Waals surface area (Å²) < 4.78 is 42.5. The molecule has 1 fully saturated rings. The maximum atomic E-state index is 13.2. The number of benzene rings is 1. The summed E-state index contributed by atoms with van der Waals surface area (Å²) in [5.41, 5.74) is 1.74. The average Bonchev–Trinajstić information content (AvgIpc) is 3.11. The molecule has 2 aromatic heterocycles. The molecule has 1 aromatic carbocycles. The number of rotatable bonds is 5. The lowest BCUT2D eigenvalue weighted by atomic mass is 9.95. The molecule has 0 saturated carbocycles. The molecule has 3 heterocycles. The largest absolute Gasteiger partial charge is 0.247 e. The molecule has 148 valence electrons. The Balaban J connectivity index is 1.61. The van der Waals surface area contributed by atoms with Crippen molar-refractivity contribution in [3.05, 3.63) is 54.1 Å². The number of pyridine rings is 1. The van der Waals surface area contributed by atoms with Gasteiger partial charge in [-0.05, 0) is 55.7 Å². The van der Waals surface area contributed by atoms with Crippen molar-refractivity contribution in [2.24, 2.45) is 0 Å². The van der Waals surface area contributed by atoms with Gasteiger partial charge < -0.3 is 0 Å². The number of fused-ring (bicyclic) bond motifs is 1. The third-order valence-electron chi connectivity index (χ3n) is 5.20. The van der Waals surface area contributed by atoms with E-state index in [9.17, 15) is 12.8 Å². The van der Waals surface area contributed by atoms with Crippen molar-refractivity contribution >= 4 is 21.1 Å². The summed E-state index contributed by atoms with van der Waals surface area (Å²) in [7, 11) is -3.65. The number of sulfonamides is 1. The van der Waals surface area contributed by atoms with E-state index in [-0.39, 0.29) is 10.8 Å². The van der Waals surface area contributed by atoms with Crippen LogP contribution in [0.4, 0.5) is 4.39 Å². The lowest BCUT2D eigenvalue weighted by Crippen LogP contribution is -2.39. The van der Waals surface area contributed by atoms with E-state index in [1.165, 1.54) is 28.6 Å². The van der Waals surface area contributed by atoms with Gasteiger partial charge in [0.15, 0.2) is 5.65 Å². The molecular weight excluding hydrogens is 379 g/mol. The average molecular weight is 402 g/mol. The van der Waals surface area contributed by atoms with Gasteiger partial charge in [-0.25, -0.2) is 22.5 Å². The molecule has 1 atom stereocenters. The minimum absolute atomic E-state index is 0.0262. The fourth-order valence-electron chi connectivity index (χ4n) is 3.73. The van der Waals surface area contributed by atoms with Gasteiger partial charge in [0.2, 0.25) is 10.0 Å². The smallest absolute Gasteiger partial charge is 0.243 e. The molecule has 0 unspecified atom stereocenters. The van der Waals surface area contributed by atoms with Gasteiger partial charge in [0.05, 0.1) is 11.1 Å². The SMILES string of the molecule is CCCn1ncc2ccc([C@H]3CCCN(S(=O)(=O)c4ccc(F)cc4)C3)nc21. The van der Waals surface area contributed by atoms with E-state index >= 15 is 0 Å². The van der Waals surface area contributed by atoms with E-state index in [4.69, 9.17) is 4.98 Å². The Bertz CT molecular complexity index is 1080. The second kappa shape index (κ2) is 7.60. The first-order valence-corrected chi connectivity index (χ1v) is 11.0.